The highest BCUT2D eigenvalue weighted by Gasteiger charge is 2.21. The van der Waals surface area contributed by atoms with Gasteiger partial charge in [0.1, 0.15) is 5.69 Å². The molecule has 0 fully saturated rings. The number of benzene rings is 1. The average Bonchev–Trinajstić information content (AvgIpc) is 2.74. The molecule has 2 aromatic rings. The van der Waals surface area contributed by atoms with Crippen LogP contribution in [-0.4, -0.2) is 16.9 Å². The lowest BCUT2D eigenvalue weighted by Crippen LogP contribution is -2.30. The van der Waals surface area contributed by atoms with Crippen LogP contribution in [0.5, 0.6) is 5.75 Å². The summed E-state index contributed by atoms with van der Waals surface area (Å²) in [5, 5.41) is 4.20. The molecule has 18 heavy (non-hydrogen) atoms. The summed E-state index contributed by atoms with van der Waals surface area (Å²) in [6.07, 6.45) is 1.69. The lowest BCUT2D eigenvalue weighted by atomic mass is 10.0. The molecule has 5 heteroatoms. The van der Waals surface area contributed by atoms with E-state index in [1.165, 1.54) is 5.56 Å². The van der Waals surface area contributed by atoms with Crippen molar-refractivity contribution in [1.29, 1.82) is 0 Å². The summed E-state index contributed by atoms with van der Waals surface area (Å²) in [7, 11) is 3.50. The summed E-state index contributed by atoms with van der Waals surface area (Å²) in [5.74, 6) is 6.40. The molecule has 0 saturated carbocycles. The molecule has 0 radical (unpaired) electrons. The number of nitrogens with zero attached hydrogens (tertiary/aromatic N) is 2. The van der Waals surface area contributed by atoms with Crippen LogP contribution in [0.15, 0.2) is 30.5 Å². The van der Waals surface area contributed by atoms with Crippen LogP contribution >= 0.6 is 0 Å². The number of hydrogen-bond acceptors (Lipinski definition) is 4. The van der Waals surface area contributed by atoms with Gasteiger partial charge in [0, 0.05) is 7.05 Å². The van der Waals surface area contributed by atoms with Crippen LogP contribution in [-0.2, 0) is 7.05 Å². The summed E-state index contributed by atoms with van der Waals surface area (Å²) in [6.45, 7) is 2.05. The molecule has 1 aromatic heterocycles. The standard InChI is InChI=1S/C13H18N4O/c1-9-4-6-10(7-5-9)12(16-14)13-11(18-3)8-15-17(13)2/h4-8,12,16H,14H2,1-3H3. The molecule has 1 atom stereocenters. The fourth-order valence-electron chi connectivity index (χ4n) is 2.01. The second kappa shape index (κ2) is 5.20. The Morgan fingerprint density at radius 2 is 2.00 bits per heavy atom. The Labute approximate surface area is 107 Å². The molecule has 0 aliphatic carbocycles. The normalized spacial score (nSPS) is 12.4. The highest BCUT2D eigenvalue weighted by molar-refractivity contribution is 5.37. The first-order chi connectivity index (χ1) is 8.67. The average molecular weight is 246 g/mol. The third-order valence-electron chi connectivity index (χ3n) is 3.02. The molecular weight excluding hydrogens is 228 g/mol. The van der Waals surface area contributed by atoms with Gasteiger partial charge in [-0.3, -0.25) is 10.5 Å². The molecule has 1 heterocycles. The van der Waals surface area contributed by atoms with Gasteiger partial charge in [-0.05, 0) is 12.5 Å². The minimum Gasteiger partial charge on any atom is -0.493 e. The Morgan fingerprint density at radius 3 is 2.56 bits per heavy atom. The van der Waals surface area contributed by atoms with Crippen LogP contribution < -0.4 is 16.0 Å². The number of hydrogen-bond donors (Lipinski definition) is 2. The monoisotopic (exact) mass is 246 g/mol. The smallest absolute Gasteiger partial charge is 0.161 e. The predicted molar refractivity (Wildman–Crippen MR) is 70.1 cm³/mol. The van der Waals surface area contributed by atoms with Gasteiger partial charge in [-0.25, -0.2) is 5.43 Å². The molecular formula is C13H18N4O. The van der Waals surface area contributed by atoms with Crippen molar-refractivity contribution < 1.29 is 4.74 Å². The van der Waals surface area contributed by atoms with Gasteiger partial charge >= 0.3 is 0 Å². The molecule has 96 valence electrons. The Balaban J connectivity index is 2.44. The van der Waals surface area contributed by atoms with E-state index >= 15 is 0 Å². The predicted octanol–water partition coefficient (Wildman–Crippen LogP) is 1.29. The first-order valence-corrected chi connectivity index (χ1v) is 5.76. The maximum Gasteiger partial charge on any atom is 0.161 e. The van der Waals surface area contributed by atoms with E-state index in [4.69, 9.17) is 10.6 Å². The third-order valence-corrected chi connectivity index (χ3v) is 3.02. The number of ether oxygens (including phenoxy) is 1. The molecule has 0 bridgehead atoms. The lowest BCUT2D eigenvalue weighted by molar-refractivity contribution is 0.401. The third kappa shape index (κ3) is 2.23. The number of aromatic nitrogens is 2. The number of nitrogens with two attached hydrogens (primary N) is 1. The molecule has 0 saturated heterocycles. The van der Waals surface area contributed by atoms with Crippen molar-refractivity contribution in [2.75, 3.05) is 7.11 Å². The summed E-state index contributed by atoms with van der Waals surface area (Å²) in [6, 6.07) is 8.07. The maximum atomic E-state index is 5.68. The van der Waals surface area contributed by atoms with Crippen LogP contribution in [0.25, 0.3) is 0 Å². The van der Waals surface area contributed by atoms with Gasteiger partial charge in [0.05, 0.1) is 19.3 Å². The van der Waals surface area contributed by atoms with Crippen molar-refractivity contribution in [2.24, 2.45) is 12.9 Å². The van der Waals surface area contributed by atoms with E-state index < -0.39 is 0 Å². The van der Waals surface area contributed by atoms with E-state index in [1.807, 2.05) is 19.2 Å². The van der Waals surface area contributed by atoms with Crippen molar-refractivity contribution in [3.63, 3.8) is 0 Å². The fraction of sp³-hybridized carbons (Fsp3) is 0.308. The van der Waals surface area contributed by atoms with Gasteiger partial charge < -0.3 is 4.74 Å². The molecule has 1 unspecified atom stereocenters. The first-order valence-electron chi connectivity index (χ1n) is 5.76. The highest BCUT2D eigenvalue weighted by Crippen LogP contribution is 2.28. The van der Waals surface area contributed by atoms with Crippen molar-refractivity contribution in [2.45, 2.75) is 13.0 Å². The zero-order valence-electron chi connectivity index (χ0n) is 10.8. The van der Waals surface area contributed by atoms with Gasteiger partial charge in [-0.2, -0.15) is 5.10 Å². The quantitative estimate of drug-likeness (QED) is 0.630. The van der Waals surface area contributed by atoms with Crippen LogP contribution in [0, 0.1) is 6.92 Å². The topological polar surface area (TPSA) is 65.1 Å². The van der Waals surface area contributed by atoms with Gasteiger partial charge in [0.15, 0.2) is 5.75 Å². The lowest BCUT2D eigenvalue weighted by Gasteiger charge is -2.18. The zero-order chi connectivity index (χ0) is 13.1. The van der Waals surface area contributed by atoms with Crippen molar-refractivity contribution in [3.05, 3.63) is 47.3 Å². The Morgan fingerprint density at radius 1 is 1.33 bits per heavy atom. The van der Waals surface area contributed by atoms with Crippen LogP contribution in [0.1, 0.15) is 22.9 Å². The summed E-state index contributed by atoms with van der Waals surface area (Å²) < 4.78 is 7.08. The van der Waals surface area contributed by atoms with Crippen molar-refractivity contribution in [1.82, 2.24) is 15.2 Å². The largest absolute Gasteiger partial charge is 0.493 e. The summed E-state index contributed by atoms with van der Waals surface area (Å²) in [5.41, 5.74) is 6.01. The number of nitrogens with one attached hydrogen (secondary N) is 1. The van der Waals surface area contributed by atoms with E-state index in [2.05, 4.69) is 29.6 Å². The molecule has 0 amide bonds. The number of rotatable bonds is 4. The Kier molecular flexibility index (Phi) is 3.64. The first kappa shape index (κ1) is 12.6. The SMILES string of the molecule is COc1cnn(C)c1C(NN)c1ccc(C)cc1. The van der Waals surface area contributed by atoms with E-state index in [9.17, 15) is 0 Å². The van der Waals surface area contributed by atoms with Gasteiger partial charge in [-0.15, -0.1) is 0 Å². The summed E-state index contributed by atoms with van der Waals surface area (Å²) in [4.78, 5) is 0. The number of aryl methyl sites for hydroxylation is 2. The number of methoxy groups -OCH3 is 1. The van der Waals surface area contributed by atoms with E-state index in [0.29, 0.717) is 0 Å². The second-order valence-electron chi connectivity index (χ2n) is 4.23. The van der Waals surface area contributed by atoms with Crippen LogP contribution in [0.3, 0.4) is 0 Å². The maximum absolute atomic E-state index is 5.68. The minimum absolute atomic E-state index is 0.145. The Hall–Kier alpha value is -1.85. The number of hydrazine groups is 1. The fourth-order valence-corrected chi connectivity index (χ4v) is 2.01. The second-order valence-corrected chi connectivity index (χ2v) is 4.23. The van der Waals surface area contributed by atoms with Crippen molar-refractivity contribution >= 4 is 0 Å². The molecule has 1 aromatic carbocycles. The highest BCUT2D eigenvalue weighted by atomic mass is 16.5. The van der Waals surface area contributed by atoms with Gasteiger partial charge in [-0.1, -0.05) is 29.8 Å². The molecule has 0 aliphatic rings. The zero-order valence-corrected chi connectivity index (χ0v) is 10.8. The molecule has 5 nitrogen and oxygen atoms in total. The molecule has 0 spiro atoms. The minimum atomic E-state index is -0.145. The summed E-state index contributed by atoms with van der Waals surface area (Å²) >= 11 is 0. The van der Waals surface area contributed by atoms with E-state index in [-0.39, 0.29) is 6.04 Å². The molecule has 3 N–H and O–H groups in total. The van der Waals surface area contributed by atoms with Gasteiger partial charge in [0.25, 0.3) is 0 Å². The van der Waals surface area contributed by atoms with Gasteiger partial charge in [0.2, 0.25) is 0 Å². The molecule has 0 aliphatic heterocycles. The Bertz CT molecular complexity index is 518. The van der Waals surface area contributed by atoms with E-state index in [0.717, 1.165) is 17.0 Å². The van der Waals surface area contributed by atoms with Crippen LogP contribution in [0.2, 0.25) is 0 Å². The van der Waals surface area contributed by atoms with E-state index in [1.54, 1.807) is 18.0 Å². The van der Waals surface area contributed by atoms with Crippen molar-refractivity contribution in [3.8, 4) is 5.75 Å². The molecule has 2 rings (SSSR count). The van der Waals surface area contributed by atoms with Crippen LogP contribution in [0.4, 0.5) is 0 Å².